The number of benzene rings is 1. The highest BCUT2D eigenvalue weighted by Crippen LogP contribution is 2.27. The molecule has 1 fully saturated rings. The first-order valence-electron chi connectivity index (χ1n) is 8.12. The van der Waals surface area contributed by atoms with Gasteiger partial charge in [0.1, 0.15) is 5.75 Å². The molecule has 7 nitrogen and oxygen atoms in total. The number of rotatable bonds is 8. The van der Waals surface area contributed by atoms with E-state index in [1.54, 1.807) is 12.1 Å². The first kappa shape index (κ1) is 20.2. The monoisotopic (exact) mass is 390 g/mol. The van der Waals surface area contributed by atoms with Gasteiger partial charge in [0.15, 0.2) is 19.7 Å². The molecule has 0 saturated carbocycles. The van der Waals surface area contributed by atoms with Crippen LogP contribution in [0.2, 0.25) is 0 Å². The van der Waals surface area contributed by atoms with Gasteiger partial charge in [-0.05, 0) is 57.9 Å². The number of ether oxygens (including phenoxy) is 1. The van der Waals surface area contributed by atoms with Crippen LogP contribution in [-0.2, 0) is 19.7 Å². The molecule has 1 aliphatic rings. The van der Waals surface area contributed by atoms with E-state index in [1.165, 1.54) is 19.2 Å². The van der Waals surface area contributed by atoms with Gasteiger partial charge in [-0.25, -0.2) is 16.8 Å². The van der Waals surface area contributed by atoms with E-state index >= 15 is 0 Å². The molecule has 1 aliphatic heterocycles. The van der Waals surface area contributed by atoms with Gasteiger partial charge >= 0.3 is 0 Å². The van der Waals surface area contributed by atoms with Crippen LogP contribution in [0.5, 0.6) is 5.75 Å². The van der Waals surface area contributed by atoms with Gasteiger partial charge in [0.25, 0.3) is 0 Å². The van der Waals surface area contributed by atoms with Gasteiger partial charge in [-0.3, -0.25) is 0 Å². The minimum absolute atomic E-state index is 0.121. The third kappa shape index (κ3) is 5.16. The van der Waals surface area contributed by atoms with Crippen LogP contribution in [0.1, 0.15) is 6.42 Å². The van der Waals surface area contributed by atoms with Gasteiger partial charge in [-0.2, -0.15) is 0 Å². The molecule has 25 heavy (non-hydrogen) atoms. The van der Waals surface area contributed by atoms with Crippen LogP contribution >= 0.6 is 0 Å². The molecule has 0 radical (unpaired) electrons. The summed E-state index contributed by atoms with van der Waals surface area (Å²) >= 11 is 0. The summed E-state index contributed by atoms with van der Waals surface area (Å²) in [4.78, 5) is 2.15. The normalized spacial score (nSPS) is 23.0. The molecule has 1 aromatic rings. The van der Waals surface area contributed by atoms with E-state index in [-0.39, 0.29) is 16.4 Å². The van der Waals surface area contributed by atoms with Crippen molar-refractivity contribution in [2.24, 2.45) is 0 Å². The topological polar surface area (TPSA) is 92.8 Å². The summed E-state index contributed by atoms with van der Waals surface area (Å²) in [7, 11) is -1.71. The third-order valence-electron chi connectivity index (χ3n) is 4.28. The van der Waals surface area contributed by atoms with E-state index in [2.05, 4.69) is 5.32 Å². The molecule has 1 saturated heterocycles. The number of nitrogens with zero attached hydrogens (tertiary/aromatic N) is 1. The number of hydrogen-bond donors (Lipinski definition) is 1. The SMILES string of the molecule is COc1ccc(S(=O)(=O)[C@H]2CS(=O)(=O)C[C@@H]2NCCCN(C)C)cc1. The molecule has 142 valence electrons. The van der Waals surface area contributed by atoms with Crippen molar-refractivity contribution >= 4 is 19.7 Å². The molecular weight excluding hydrogens is 364 g/mol. The fourth-order valence-electron chi connectivity index (χ4n) is 2.93. The average molecular weight is 391 g/mol. The Bertz CT molecular complexity index is 773. The second-order valence-corrected chi connectivity index (χ2v) is 10.9. The molecule has 0 spiro atoms. The quantitative estimate of drug-likeness (QED) is 0.633. The van der Waals surface area contributed by atoms with Gasteiger partial charge in [-0.15, -0.1) is 0 Å². The summed E-state index contributed by atoms with van der Waals surface area (Å²) in [5.74, 6) is 0.0678. The maximum absolute atomic E-state index is 12.9. The molecule has 0 amide bonds. The first-order chi connectivity index (χ1) is 11.7. The Hall–Kier alpha value is -1.16. The van der Waals surface area contributed by atoms with E-state index in [9.17, 15) is 16.8 Å². The van der Waals surface area contributed by atoms with Gasteiger partial charge in [-0.1, -0.05) is 0 Å². The molecule has 0 aliphatic carbocycles. The van der Waals surface area contributed by atoms with E-state index in [1.807, 2.05) is 19.0 Å². The van der Waals surface area contributed by atoms with Crippen molar-refractivity contribution in [2.45, 2.75) is 22.6 Å². The minimum atomic E-state index is -3.75. The van der Waals surface area contributed by atoms with Gasteiger partial charge in [0.05, 0.1) is 28.8 Å². The lowest BCUT2D eigenvalue weighted by Gasteiger charge is -2.20. The Morgan fingerprint density at radius 3 is 2.40 bits per heavy atom. The predicted octanol–water partition coefficient (Wildman–Crippen LogP) is 0.176. The van der Waals surface area contributed by atoms with Crippen molar-refractivity contribution < 1.29 is 21.6 Å². The summed E-state index contributed by atoms with van der Waals surface area (Å²) in [5.41, 5.74) is 0. The number of nitrogens with one attached hydrogen (secondary N) is 1. The average Bonchev–Trinajstić information content (AvgIpc) is 2.87. The van der Waals surface area contributed by atoms with E-state index in [0.29, 0.717) is 12.3 Å². The summed E-state index contributed by atoms with van der Waals surface area (Å²) in [6, 6.07) is 5.47. The molecule has 2 atom stereocenters. The Labute approximate surface area is 150 Å². The highest BCUT2D eigenvalue weighted by Gasteiger charge is 2.45. The van der Waals surface area contributed by atoms with Crippen LogP contribution in [0, 0.1) is 0 Å². The van der Waals surface area contributed by atoms with E-state index in [4.69, 9.17) is 4.74 Å². The van der Waals surface area contributed by atoms with Crippen molar-refractivity contribution in [3.8, 4) is 5.75 Å². The molecule has 0 bridgehead atoms. The Kier molecular flexibility index (Phi) is 6.47. The molecule has 9 heteroatoms. The summed E-state index contributed by atoms with van der Waals surface area (Å²) in [5, 5.41) is 2.16. The zero-order chi connectivity index (χ0) is 18.7. The molecular formula is C16H26N2O5S2. The maximum Gasteiger partial charge on any atom is 0.183 e. The fourth-order valence-corrected chi connectivity index (χ4v) is 7.65. The Morgan fingerprint density at radius 2 is 1.84 bits per heavy atom. The molecule has 1 aromatic carbocycles. The summed E-state index contributed by atoms with van der Waals surface area (Å²) in [6.07, 6.45) is 0.818. The summed E-state index contributed by atoms with van der Waals surface area (Å²) < 4.78 is 55.0. The zero-order valence-corrected chi connectivity index (χ0v) is 16.4. The van der Waals surface area contributed by atoms with Crippen molar-refractivity contribution in [1.82, 2.24) is 10.2 Å². The fraction of sp³-hybridized carbons (Fsp3) is 0.625. The first-order valence-corrected chi connectivity index (χ1v) is 11.5. The second kappa shape index (κ2) is 8.03. The molecule has 1 heterocycles. The van der Waals surface area contributed by atoms with Crippen LogP contribution in [-0.4, -0.2) is 78.8 Å². The maximum atomic E-state index is 12.9. The molecule has 0 unspecified atom stereocenters. The molecule has 0 aromatic heterocycles. The number of hydrogen-bond acceptors (Lipinski definition) is 7. The van der Waals surface area contributed by atoms with Crippen molar-refractivity contribution in [3.05, 3.63) is 24.3 Å². The third-order valence-corrected chi connectivity index (χ3v) is 8.44. The van der Waals surface area contributed by atoms with Crippen molar-refractivity contribution in [2.75, 3.05) is 45.8 Å². The van der Waals surface area contributed by atoms with E-state index in [0.717, 1.165) is 13.0 Å². The van der Waals surface area contributed by atoms with Crippen LogP contribution in [0.25, 0.3) is 0 Å². The van der Waals surface area contributed by atoms with Crippen LogP contribution in [0.3, 0.4) is 0 Å². The van der Waals surface area contributed by atoms with Gasteiger partial charge in [0.2, 0.25) is 0 Å². The van der Waals surface area contributed by atoms with Crippen LogP contribution in [0.15, 0.2) is 29.2 Å². The highest BCUT2D eigenvalue weighted by atomic mass is 32.2. The lowest BCUT2D eigenvalue weighted by molar-refractivity contribution is 0.388. The number of methoxy groups -OCH3 is 1. The standard InChI is InChI=1S/C16H26N2O5S2/c1-18(2)10-4-9-17-15-11-24(19,20)12-16(15)25(21,22)14-7-5-13(23-3)6-8-14/h5-8,15-17H,4,9-12H2,1-3H3/t15-,16-/m0/s1. The van der Waals surface area contributed by atoms with Gasteiger partial charge in [0, 0.05) is 6.04 Å². The van der Waals surface area contributed by atoms with Crippen molar-refractivity contribution in [3.63, 3.8) is 0 Å². The second-order valence-electron chi connectivity index (χ2n) is 6.55. The molecule has 2 rings (SSSR count). The lowest BCUT2D eigenvalue weighted by atomic mass is 10.2. The van der Waals surface area contributed by atoms with Gasteiger partial charge < -0.3 is 15.0 Å². The van der Waals surface area contributed by atoms with E-state index < -0.39 is 31.0 Å². The van der Waals surface area contributed by atoms with Crippen LogP contribution < -0.4 is 10.1 Å². The Morgan fingerprint density at radius 1 is 1.20 bits per heavy atom. The van der Waals surface area contributed by atoms with Crippen molar-refractivity contribution in [1.29, 1.82) is 0 Å². The molecule has 1 N–H and O–H groups in total. The zero-order valence-electron chi connectivity index (χ0n) is 14.8. The summed E-state index contributed by atoms with van der Waals surface area (Å²) in [6.45, 7) is 1.43. The lowest BCUT2D eigenvalue weighted by Crippen LogP contribution is -2.44. The Balaban J connectivity index is 2.17. The smallest absolute Gasteiger partial charge is 0.183 e. The minimum Gasteiger partial charge on any atom is -0.497 e. The largest absolute Gasteiger partial charge is 0.497 e. The van der Waals surface area contributed by atoms with Crippen LogP contribution in [0.4, 0.5) is 0 Å². The number of sulfone groups is 2. The highest BCUT2D eigenvalue weighted by molar-refractivity contribution is 7.96. The predicted molar refractivity (Wildman–Crippen MR) is 97.6 cm³/mol.